The number of hydrogen-bond donors (Lipinski definition) is 1. The summed E-state index contributed by atoms with van der Waals surface area (Å²) in [4.78, 5) is 20.2. The molecule has 1 fully saturated rings. The van der Waals surface area contributed by atoms with E-state index in [4.69, 9.17) is 4.99 Å². The number of carbonyl (C=O) groups excluding carboxylic acids is 1. The van der Waals surface area contributed by atoms with Gasteiger partial charge in [0.15, 0.2) is 0 Å². The van der Waals surface area contributed by atoms with E-state index in [1.165, 1.54) is 29.7 Å². The summed E-state index contributed by atoms with van der Waals surface area (Å²) in [6, 6.07) is 14.4. The van der Waals surface area contributed by atoms with Gasteiger partial charge < -0.3 is 0 Å². The average Bonchev–Trinajstić information content (AvgIpc) is 2.97. The molecule has 0 aliphatic carbocycles. The van der Waals surface area contributed by atoms with Crippen LogP contribution in [0, 0.1) is 0 Å². The predicted octanol–water partition coefficient (Wildman–Crippen LogP) is 7.01. The number of nitrogens with zero attached hydrogens (tertiary/aromatic N) is 2. The molecule has 4 rings (SSSR count). The fourth-order valence-electron chi connectivity index (χ4n) is 3.90. The summed E-state index contributed by atoms with van der Waals surface area (Å²) in [6.45, 7) is 8.09. The number of aliphatic imine (C=N–C) groups is 1. The van der Waals surface area contributed by atoms with E-state index >= 15 is 0 Å². The molecule has 0 spiro atoms. The molecule has 2 heterocycles. The van der Waals surface area contributed by atoms with E-state index in [0.717, 1.165) is 55.1 Å². The van der Waals surface area contributed by atoms with Crippen LogP contribution in [-0.2, 0) is 0 Å². The van der Waals surface area contributed by atoms with Gasteiger partial charge in [-0.2, -0.15) is 0 Å². The molecule has 2 aliphatic heterocycles. The molecule has 1 saturated heterocycles. The van der Waals surface area contributed by atoms with Crippen LogP contribution in [0.4, 0.5) is 5.69 Å². The number of piperidine rings is 1. The number of benzene rings is 2. The third-order valence-electron chi connectivity index (χ3n) is 5.53. The number of hydrazine groups is 1. The van der Waals surface area contributed by atoms with Gasteiger partial charge in [-0.15, -0.1) is 0 Å². The highest BCUT2D eigenvalue weighted by molar-refractivity contribution is 7.99. The Morgan fingerprint density at radius 1 is 1.03 bits per heavy atom. The van der Waals surface area contributed by atoms with Gasteiger partial charge in [-0.25, -0.2) is 5.01 Å². The second-order valence-electron chi connectivity index (χ2n) is 7.78. The lowest BCUT2D eigenvalue weighted by Crippen LogP contribution is -2.45. The van der Waals surface area contributed by atoms with Gasteiger partial charge in [0.2, 0.25) is 0 Å². The molecule has 2 aliphatic rings. The maximum Gasteiger partial charge on any atom is 0.265 e. The summed E-state index contributed by atoms with van der Waals surface area (Å²) >= 11 is 1.75. The van der Waals surface area contributed by atoms with E-state index in [9.17, 15) is 4.79 Å². The van der Waals surface area contributed by atoms with E-state index in [2.05, 4.69) is 36.6 Å². The smallest absolute Gasteiger partial charge is 0.265 e. The van der Waals surface area contributed by atoms with Gasteiger partial charge >= 0.3 is 0 Å². The van der Waals surface area contributed by atoms with Gasteiger partial charge in [0.25, 0.3) is 5.91 Å². The molecule has 2 aromatic carbocycles. The van der Waals surface area contributed by atoms with Crippen molar-refractivity contribution in [1.29, 1.82) is 0 Å². The first-order chi connectivity index (χ1) is 15.2. The summed E-state index contributed by atoms with van der Waals surface area (Å²) in [6.07, 6.45) is 8.04. The SMILES string of the molecule is CC.CCCCCC1=Nc2cc(C(=O)NN3CCCCC3)ccc2Sc2ccccc21. The standard InChI is InChI=1S/C24H29N3OS.C2H6/c1-2-3-5-11-20-19-10-6-7-12-22(19)29-23-14-13-18(17-21(23)25-20)24(28)26-27-15-8-4-9-16-27;1-2/h6-7,10,12-14,17H,2-5,8-9,11,15-16H2,1H3,(H,26,28);1-2H3. The van der Waals surface area contributed by atoms with Gasteiger partial charge in [0.1, 0.15) is 0 Å². The van der Waals surface area contributed by atoms with Crippen LogP contribution in [0.5, 0.6) is 0 Å². The van der Waals surface area contributed by atoms with Crippen LogP contribution in [0.15, 0.2) is 57.2 Å². The van der Waals surface area contributed by atoms with Crippen molar-refractivity contribution in [1.82, 2.24) is 10.4 Å². The number of carbonyl (C=O) groups is 1. The number of rotatable bonds is 6. The van der Waals surface area contributed by atoms with E-state index in [-0.39, 0.29) is 5.91 Å². The zero-order valence-corrected chi connectivity index (χ0v) is 19.9. The van der Waals surface area contributed by atoms with E-state index in [0.29, 0.717) is 5.56 Å². The molecule has 0 bridgehead atoms. The Balaban J connectivity index is 0.00000132. The number of amides is 1. The largest absolute Gasteiger partial charge is 0.285 e. The quantitative estimate of drug-likeness (QED) is 0.494. The molecular formula is C26H35N3OS. The maximum atomic E-state index is 12.8. The highest BCUT2D eigenvalue weighted by Gasteiger charge is 2.19. The number of unbranched alkanes of at least 4 members (excludes halogenated alkanes) is 2. The highest BCUT2D eigenvalue weighted by Crippen LogP contribution is 2.41. The zero-order valence-electron chi connectivity index (χ0n) is 19.1. The lowest BCUT2D eigenvalue weighted by molar-refractivity contribution is 0.0750. The maximum absolute atomic E-state index is 12.8. The van der Waals surface area contributed by atoms with Crippen LogP contribution in [0.25, 0.3) is 0 Å². The van der Waals surface area contributed by atoms with Crippen LogP contribution >= 0.6 is 11.8 Å². The molecule has 0 unspecified atom stereocenters. The Labute approximate surface area is 191 Å². The Morgan fingerprint density at radius 2 is 1.81 bits per heavy atom. The summed E-state index contributed by atoms with van der Waals surface area (Å²) in [5.74, 6) is -0.0378. The van der Waals surface area contributed by atoms with E-state index < -0.39 is 0 Å². The third-order valence-corrected chi connectivity index (χ3v) is 6.67. The monoisotopic (exact) mass is 437 g/mol. The fourth-order valence-corrected chi connectivity index (χ4v) is 4.92. The minimum Gasteiger partial charge on any atom is -0.285 e. The molecule has 1 N–H and O–H groups in total. The molecule has 4 nitrogen and oxygen atoms in total. The van der Waals surface area contributed by atoms with Crippen LogP contribution in [0.3, 0.4) is 0 Å². The lowest BCUT2D eigenvalue weighted by atomic mass is 10.0. The highest BCUT2D eigenvalue weighted by atomic mass is 32.2. The van der Waals surface area contributed by atoms with Crippen molar-refractivity contribution < 1.29 is 4.79 Å². The zero-order chi connectivity index (χ0) is 22.1. The van der Waals surface area contributed by atoms with Gasteiger partial charge in [-0.1, -0.05) is 70.0 Å². The summed E-state index contributed by atoms with van der Waals surface area (Å²) in [7, 11) is 0. The molecular weight excluding hydrogens is 402 g/mol. The van der Waals surface area contributed by atoms with Crippen molar-refractivity contribution in [2.24, 2.45) is 4.99 Å². The summed E-state index contributed by atoms with van der Waals surface area (Å²) in [5.41, 5.74) is 7.01. The number of fused-ring (bicyclic) bond motifs is 2. The van der Waals surface area contributed by atoms with Crippen molar-refractivity contribution in [3.8, 4) is 0 Å². The van der Waals surface area contributed by atoms with Crippen LogP contribution in [0.2, 0.25) is 0 Å². The Morgan fingerprint density at radius 3 is 2.58 bits per heavy atom. The molecule has 0 radical (unpaired) electrons. The Hall–Kier alpha value is -2.11. The normalized spacial score (nSPS) is 15.5. The lowest BCUT2D eigenvalue weighted by Gasteiger charge is -2.26. The fraction of sp³-hybridized carbons (Fsp3) is 0.462. The molecule has 2 aromatic rings. The number of nitrogens with one attached hydrogen (secondary N) is 1. The van der Waals surface area contributed by atoms with Crippen molar-refractivity contribution in [3.05, 3.63) is 53.6 Å². The minimum absolute atomic E-state index is 0.0378. The molecule has 0 aromatic heterocycles. The van der Waals surface area contributed by atoms with E-state index in [1.54, 1.807) is 11.8 Å². The van der Waals surface area contributed by atoms with Crippen LogP contribution in [-0.4, -0.2) is 29.7 Å². The van der Waals surface area contributed by atoms with Gasteiger partial charge in [-0.05, 0) is 49.9 Å². The Bertz CT molecular complexity index is 903. The second kappa shape index (κ2) is 12.1. The third kappa shape index (κ3) is 6.20. The number of hydrogen-bond acceptors (Lipinski definition) is 4. The van der Waals surface area contributed by atoms with Crippen molar-refractivity contribution >= 4 is 29.1 Å². The van der Waals surface area contributed by atoms with Crippen LogP contribution < -0.4 is 5.43 Å². The molecule has 0 atom stereocenters. The molecule has 31 heavy (non-hydrogen) atoms. The molecule has 1 amide bonds. The summed E-state index contributed by atoms with van der Waals surface area (Å²) in [5, 5.41) is 2.04. The Kier molecular flexibility index (Phi) is 9.16. The first kappa shape index (κ1) is 23.6. The van der Waals surface area contributed by atoms with E-state index in [1.807, 2.05) is 37.1 Å². The predicted molar refractivity (Wildman–Crippen MR) is 132 cm³/mol. The molecule has 0 saturated carbocycles. The van der Waals surface area contributed by atoms with Crippen molar-refractivity contribution in [2.75, 3.05) is 13.1 Å². The molecule has 166 valence electrons. The minimum atomic E-state index is -0.0378. The first-order valence-electron chi connectivity index (χ1n) is 11.8. The van der Waals surface area contributed by atoms with Crippen molar-refractivity contribution in [3.63, 3.8) is 0 Å². The average molecular weight is 438 g/mol. The second-order valence-corrected chi connectivity index (χ2v) is 8.87. The topological polar surface area (TPSA) is 44.7 Å². The van der Waals surface area contributed by atoms with Gasteiger partial charge in [0.05, 0.1) is 5.69 Å². The van der Waals surface area contributed by atoms with Crippen molar-refractivity contribution in [2.45, 2.75) is 75.5 Å². The van der Waals surface area contributed by atoms with Gasteiger partial charge in [-0.3, -0.25) is 15.2 Å². The summed E-state index contributed by atoms with van der Waals surface area (Å²) < 4.78 is 0. The van der Waals surface area contributed by atoms with Gasteiger partial charge in [0, 0.05) is 39.7 Å². The first-order valence-corrected chi connectivity index (χ1v) is 12.6. The molecule has 5 heteroatoms. The van der Waals surface area contributed by atoms with Crippen LogP contribution in [0.1, 0.15) is 81.6 Å².